The monoisotopic (exact) mass is 325 g/mol. The number of rotatable bonds is 7. The zero-order valence-corrected chi connectivity index (χ0v) is 15.3. The SMILES string of the molecule is CCC(CC)N1CCC(CNC(C)c2ccc3cnccc3c2)C1. The summed E-state index contributed by atoms with van der Waals surface area (Å²) in [6.45, 7) is 10.6. The molecule has 1 aliphatic heterocycles. The minimum absolute atomic E-state index is 0.393. The Balaban J connectivity index is 1.54. The zero-order valence-electron chi connectivity index (χ0n) is 15.3. The van der Waals surface area contributed by atoms with Crippen LogP contribution in [0.5, 0.6) is 0 Å². The van der Waals surface area contributed by atoms with E-state index in [9.17, 15) is 0 Å². The molecule has 3 rings (SSSR count). The van der Waals surface area contributed by atoms with Crippen LogP contribution in [0.4, 0.5) is 0 Å². The van der Waals surface area contributed by atoms with Crippen LogP contribution < -0.4 is 5.32 Å². The fourth-order valence-electron chi connectivity index (χ4n) is 4.00. The number of nitrogens with zero attached hydrogens (tertiary/aromatic N) is 2. The molecule has 2 heterocycles. The van der Waals surface area contributed by atoms with Gasteiger partial charge in [-0.3, -0.25) is 4.98 Å². The predicted octanol–water partition coefficient (Wildman–Crippen LogP) is 4.40. The van der Waals surface area contributed by atoms with Crippen LogP contribution in [0.15, 0.2) is 36.7 Å². The van der Waals surface area contributed by atoms with Crippen molar-refractivity contribution < 1.29 is 0 Å². The Hall–Kier alpha value is -1.45. The average molecular weight is 326 g/mol. The van der Waals surface area contributed by atoms with E-state index in [1.54, 1.807) is 0 Å². The maximum Gasteiger partial charge on any atom is 0.0346 e. The molecular weight excluding hydrogens is 294 g/mol. The van der Waals surface area contributed by atoms with E-state index in [1.165, 1.54) is 48.7 Å². The van der Waals surface area contributed by atoms with Crippen LogP contribution in [0.3, 0.4) is 0 Å². The lowest BCUT2D eigenvalue weighted by atomic mass is 10.0. The Labute approximate surface area is 146 Å². The summed E-state index contributed by atoms with van der Waals surface area (Å²) in [6.07, 6.45) is 7.69. The first-order chi connectivity index (χ1) is 11.7. The number of benzene rings is 1. The van der Waals surface area contributed by atoms with E-state index in [-0.39, 0.29) is 0 Å². The Kier molecular flexibility index (Phi) is 5.85. The summed E-state index contributed by atoms with van der Waals surface area (Å²) in [4.78, 5) is 6.89. The van der Waals surface area contributed by atoms with E-state index in [0.29, 0.717) is 6.04 Å². The molecule has 0 aliphatic carbocycles. The highest BCUT2D eigenvalue weighted by Gasteiger charge is 2.26. The van der Waals surface area contributed by atoms with Gasteiger partial charge in [-0.1, -0.05) is 26.0 Å². The van der Waals surface area contributed by atoms with Crippen molar-refractivity contribution in [2.75, 3.05) is 19.6 Å². The Morgan fingerprint density at radius 1 is 1.21 bits per heavy atom. The summed E-state index contributed by atoms with van der Waals surface area (Å²) in [5.41, 5.74) is 1.36. The van der Waals surface area contributed by atoms with Crippen molar-refractivity contribution in [2.45, 2.75) is 52.1 Å². The zero-order chi connectivity index (χ0) is 16.9. The van der Waals surface area contributed by atoms with Gasteiger partial charge >= 0.3 is 0 Å². The van der Waals surface area contributed by atoms with Crippen LogP contribution in [-0.2, 0) is 0 Å². The molecule has 0 amide bonds. The van der Waals surface area contributed by atoms with Gasteiger partial charge in [0.2, 0.25) is 0 Å². The van der Waals surface area contributed by atoms with Gasteiger partial charge in [-0.05, 0) is 68.3 Å². The van der Waals surface area contributed by atoms with Gasteiger partial charge in [-0.2, -0.15) is 0 Å². The van der Waals surface area contributed by atoms with Gasteiger partial charge in [0.15, 0.2) is 0 Å². The second kappa shape index (κ2) is 8.09. The Morgan fingerprint density at radius 3 is 2.83 bits per heavy atom. The lowest BCUT2D eigenvalue weighted by molar-refractivity contribution is 0.220. The lowest BCUT2D eigenvalue weighted by Gasteiger charge is -2.26. The Bertz CT molecular complexity index is 650. The fourth-order valence-corrected chi connectivity index (χ4v) is 4.00. The van der Waals surface area contributed by atoms with Crippen molar-refractivity contribution in [1.82, 2.24) is 15.2 Å². The third kappa shape index (κ3) is 3.96. The normalized spacial score (nSPS) is 20.1. The first kappa shape index (κ1) is 17.4. The second-order valence-corrected chi connectivity index (χ2v) is 7.23. The number of hydrogen-bond acceptors (Lipinski definition) is 3. The van der Waals surface area contributed by atoms with Crippen LogP contribution in [0, 0.1) is 5.92 Å². The second-order valence-electron chi connectivity index (χ2n) is 7.23. The summed E-state index contributed by atoms with van der Waals surface area (Å²) in [7, 11) is 0. The molecule has 1 aromatic heterocycles. The first-order valence-corrected chi connectivity index (χ1v) is 9.52. The van der Waals surface area contributed by atoms with Gasteiger partial charge in [0.25, 0.3) is 0 Å². The fraction of sp³-hybridized carbons (Fsp3) is 0.571. The first-order valence-electron chi connectivity index (χ1n) is 9.52. The largest absolute Gasteiger partial charge is 0.310 e. The molecule has 3 nitrogen and oxygen atoms in total. The highest BCUT2D eigenvalue weighted by Crippen LogP contribution is 2.23. The van der Waals surface area contributed by atoms with E-state index >= 15 is 0 Å². The molecule has 130 valence electrons. The maximum atomic E-state index is 4.19. The standard InChI is InChI=1S/C21H31N3/c1-4-21(5-2)24-11-9-17(15-24)13-23-16(3)18-6-7-20-14-22-10-8-19(20)12-18/h6-8,10,12,14,16-17,21,23H,4-5,9,11,13,15H2,1-3H3. The van der Waals surface area contributed by atoms with Gasteiger partial charge in [-0.25, -0.2) is 0 Å². The maximum absolute atomic E-state index is 4.19. The number of likely N-dealkylation sites (tertiary alicyclic amines) is 1. The highest BCUT2D eigenvalue weighted by molar-refractivity contribution is 5.82. The number of aromatic nitrogens is 1. The molecule has 24 heavy (non-hydrogen) atoms. The quantitative estimate of drug-likeness (QED) is 0.818. The molecule has 2 unspecified atom stereocenters. The van der Waals surface area contributed by atoms with Crippen molar-refractivity contribution >= 4 is 10.8 Å². The van der Waals surface area contributed by atoms with E-state index in [2.05, 4.69) is 60.2 Å². The molecule has 0 radical (unpaired) electrons. The molecule has 1 saturated heterocycles. The summed E-state index contributed by atoms with van der Waals surface area (Å²) in [5.74, 6) is 0.790. The third-order valence-corrected chi connectivity index (χ3v) is 5.65. The molecule has 0 bridgehead atoms. The Morgan fingerprint density at radius 2 is 2.04 bits per heavy atom. The van der Waals surface area contributed by atoms with E-state index in [1.807, 2.05) is 12.4 Å². The van der Waals surface area contributed by atoms with Crippen LogP contribution in [0.25, 0.3) is 10.8 Å². The molecule has 1 fully saturated rings. The van der Waals surface area contributed by atoms with Crippen LogP contribution >= 0.6 is 0 Å². The van der Waals surface area contributed by atoms with E-state index in [0.717, 1.165) is 18.5 Å². The van der Waals surface area contributed by atoms with Crippen molar-refractivity contribution in [3.05, 3.63) is 42.2 Å². The van der Waals surface area contributed by atoms with Crippen LogP contribution in [-0.4, -0.2) is 35.6 Å². The molecule has 1 N–H and O–H groups in total. The summed E-state index contributed by atoms with van der Waals surface area (Å²) < 4.78 is 0. The predicted molar refractivity (Wildman–Crippen MR) is 102 cm³/mol. The highest BCUT2D eigenvalue weighted by atomic mass is 15.2. The minimum atomic E-state index is 0.393. The molecule has 2 atom stereocenters. The van der Waals surface area contributed by atoms with E-state index < -0.39 is 0 Å². The number of fused-ring (bicyclic) bond motifs is 1. The molecule has 0 spiro atoms. The van der Waals surface area contributed by atoms with Crippen molar-refractivity contribution in [3.8, 4) is 0 Å². The van der Waals surface area contributed by atoms with Gasteiger partial charge in [0.05, 0.1) is 0 Å². The van der Waals surface area contributed by atoms with Gasteiger partial charge in [-0.15, -0.1) is 0 Å². The van der Waals surface area contributed by atoms with Crippen molar-refractivity contribution in [3.63, 3.8) is 0 Å². The van der Waals surface area contributed by atoms with Crippen molar-refractivity contribution in [2.24, 2.45) is 5.92 Å². The molecule has 3 heteroatoms. The average Bonchev–Trinajstić information content (AvgIpc) is 3.09. The number of pyridine rings is 1. The van der Waals surface area contributed by atoms with Gasteiger partial charge in [0, 0.05) is 36.4 Å². The smallest absolute Gasteiger partial charge is 0.0346 e. The summed E-state index contributed by atoms with van der Waals surface area (Å²) >= 11 is 0. The molecular formula is C21H31N3. The van der Waals surface area contributed by atoms with E-state index in [4.69, 9.17) is 0 Å². The number of hydrogen-bond donors (Lipinski definition) is 1. The molecule has 0 saturated carbocycles. The van der Waals surface area contributed by atoms with Crippen LogP contribution in [0.2, 0.25) is 0 Å². The summed E-state index contributed by atoms with van der Waals surface area (Å²) in [6, 6.07) is 9.97. The van der Waals surface area contributed by atoms with Crippen LogP contribution in [0.1, 0.15) is 51.6 Å². The van der Waals surface area contributed by atoms with Crippen molar-refractivity contribution in [1.29, 1.82) is 0 Å². The van der Waals surface area contributed by atoms with Gasteiger partial charge < -0.3 is 10.2 Å². The molecule has 1 aliphatic rings. The topological polar surface area (TPSA) is 28.2 Å². The van der Waals surface area contributed by atoms with Gasteiger partial charge in [0.1, 0.15) is 0 Å². The lowest BCUT2D eigenvalue weighted by Crippen LogP contribution is -2.34. The summed E-state index contributed by atoms with van der Waals surface area (Å²) in [5, 5.41) is 6.25. The minimum Gasteiger partial charge on any atom is -0.310 e. The molecule has 2 aromatic rings. The third-order valence-electron chi connectivity index (χ3n) is 5.65. The molecule has 1 aromatic carbocycles. The number of nitrogens with one attached hydrogen (secondary N) is 1.